The van der Waals surface area contributed by atoms with Gasteiger partial charge in [0.05, 0.1) is 18.6 Å². The lowest BCUT2D eigenvalue weighted by molar-refractivity contribution is -0.149. The van der Waals surface area contributed by atoms with Crippen molar-refractivity contribution in [3.63, 3.8) is 0 Å². The first-order chi connectivity index (χ1) is 15.1. The number of nitrogens with zero attached hydrogens (tertiary/aromatic N) is 2. The van der Waals surface area contributed by atoms with Crippen molar-refractivity contribution in [2.24, 2.45) is 5.92 Å². The fraction of sp³-hybridized carbons (Fsp3) is 0.680. The molecule has 0 spiro atoms. The van der Waals surface area contributed by atoms with E-state index in [-0.39, 0.29) is 42.4 Å². The lowest BCUT2D eigenvalue weighted by Crippen LogP contribution is -2.50. The summed E-state index contributed by atoms with van der Waals surface area (Å²) in [6.07, 6.45) is 7.15. The zero-order valence-corrected chi connectivity index (χ0v) is 19.9. The van der Waals surface area contributed by atoms with Crippen molar-refractivity contribution in [1.29, 1.82) is 0 Å². The number of fused-ring (bicyclic) bond motifs is 3. The first kappa shape index (κ1) is 23.4. The standard InChI is InChI=1S/C25H35N3O3.ClH/c1-2-31-23(29)19-5-9-21(10-6-19)28-22(17-26-24(28)30)18-3-7-20(8-4-18)25-11-14-27(15-12-25)16-13-25;/h3-4,7-8,19,21-22H,2,5-6,9-17H2,1H3,(H,26,30);1H. The average Bonchev–Trinajstić information content (AvgIpc) is 3.22. The monoisotopic (exact) mass is 461 g/mol. The Balaban J connectivity index is 0.00000245. The highest BCUT2D eigenvalue weighted by molar-refractivity contribution is 5.85. The number of esters is 1. The molecule has 176 valence electrons. The van der Waals surface area contributed by atoms with Gasteiger partial charge in [-0.25, -0.2) is 4.79 Å². The Morgan fingerprint density at radius 2 is 1.69 bits per heavy atom. The summed E-state index contributed by atoms with van der Waals surface area (Å²) in [5.41, 5.74) is 3.07. The van der Waals surface area contributed by atoms with E-state index in [2.05, 4.69) is 34.5 Å². The minimum absolute atomic E-state index is 0. The Bertz CT molecular complexity index is 800. The molecule has 1 aromatic rings. The number of ether oxygens (including phenoxy) is 1. The van der Waals surface area contributed by atoms with Crippen LogP contribution in [0.15, 0.2) is 24.3 Å². The smallest absolute Gasteiger partial charge is 0.318 e. The first-order valence-electron chi connectivity index (χ1n) is 12.2. The second-order valence-corrected chi connectivity index (χ2v) is 9.86. The van der Waals surface area contributed by atoms with Crippen LogP contribution in [0.2, 0.25) is 0 Å². The normalized spacial score (nSPS) is 34.0. The number of rotatable bonds is 5. The van der Waals surface area contributed by atoms with Gasteiger partial charge in [-0.05, 0) is 88.0 Å². The van der Waals surface area contributed by atoms with Crippen LogP contribution in [0, 0.1) is 5.92 Å². The van der Waals surface area contributed by atoms with E-state index in [0.29, 0.717) is 18.6 Å². The number of carbonyl (C=O) groups excluding carboxylic acids is 2. The minimum Gasteiger partial charge on any atom is -0.466 e. The Labute approximate surface area is 197 Å². The predicted molar refractivity (Wildman–Crippen MR) is 126 cm³/mol. The largest absolute Gasteiger partial charge is 0.466 e. The summed E-state index contributed by atoms with van der Waals surface area (Å²) in [6.45, 7) is 6.63. The molecular formula is C25H36ClN3O3. The number of nitrogens with one attached hydrogen (secondary N) is 1. The molecule has 1 unspecified atom stereocenters. The molecule has 1 N–H and O–H groups in total. The molecule has 2 bridgehead atoms. The van der Waals surface area contributed by atoms with Crippen LogP contribution in [0.25, 0.3) is 0 Å². The summed E-state index contributed by atoms with van der Waals surface area (Å²) in [5, 5.41) is 3.06. The highest BCUT2D eigenvalue weighted by Gasteiger charge is 2.42. The summed E-state index contributed by atoms with van der Waals surface area (Å²) < 4.78 is 5.20. The van der Waals surface area contributed by atoms with Gasteiger partial charge >= 0.3 is 12.0 Å². The molecule has 4 saturated heterocycles. The molecule has 2 amide bonds. The van der Waals surface area contributed by atoms with Crippen molar-refractivity contribution in [2.45, 2.75) is 69.4 Å². The van der Waals surface area contributed by atoms with Gasteiger partial charge in [-0.1, -0.05) is 24.3 Å². The molecule has 1 saturated carbocycles. The van der Waals surface area contributed by atoms with Crippen molar-refractivity contribution in [1.82, 2.24) is 15.1 Å². The summed E-state index contributed by atoms with van der Waals surface area (Å²) in [7, 11) is 0. The average molecular weight is 462 g/mol. The molecule has 1 aliphatic carbocycles. The van der Waals surface area contributed by atoms with Gasteiger partial charge in [-0.2, -0.15) is 0 Å². The van der Waals surface area contributed by atoms with E-state index < -0.39 is 0 Å². The summed E-state index contributed by atoms with van der Waals surface area (Å²) in [4.78, 5) is 29.4. The van der Waals surface area contributed by atoms with Crippen LogP contribution in [0.5, 0.6) is 0 Å². The SMILES string of the molecule is CCOC(=O)C1CCC(N2C(=O)NCC2c2ccc(C34CCN(CC3)CC4)cc2)CC1.Cl. The third-order valence-electron chi connectivity index (χ3n) is 8.35. The summed E-state index contributed by atoms with van der Waals surface area (Å²) in [5.74, 6) is -0.0901. The number of benzene rings is 1. The lowest BCUT2D eigenvalue weighted by atomic mass is 9.67. The molecule has 0 aromatic heterocycles. The van der Waals surface area contributed by atoms with Crippen LogP contribution in [0.1, 0.15) is 69.0 Å². The highest BCUT2D eigenvalue weighted by Crippen LogP contribution is 2.43. The second kappa shape index (κ2) is 9.60. The van der Waals surface area contributed by atoms with Gasteiger partial charge in [0.1, 0.15) is 0 Å². The second-order valence-electron chi connectivity index (χ2n) is 9.86. The van der Waals surface area contributed by atoms with E-state index >= 15 is 0 Å². The third-order valence-corrected chi connectivity index (χ3v) is 8.35. The molecule has 5 aliphatic rings. The predicted octanol–water partition coefficient (Wildman–Crippen LogP) is 4.03. The number of hydrogen-bond acceptors (Lipinski definition) is 4. The van der Waals surface area contributed by atoms with Gasteiger partial charge in [0.25, 0.3) is 0 Å². The number of amides is 2. The van der Waals surface area contributed by atoms with E-state index in [9.17, 15) is 9.59 Å². The van der Waals surface area contributed by atoms with Crippen LogP contribution < -0.4 is 5.32 Å². The number of piperidine rings is 3. The Morgan fingerprint density at radius 1 is 1.06 bits per heavy atom. The van der Waals surface area contributed by atoms with E-state index in [0.717, 1.165) is 25.7 Å². The number of carbonyl (C=O) groups is 2. The highest BCUT2D eigenvalue weighted by atomic mass is 35.5. The minimum atomic E-state index is -0.0770. The van der Waals surface area contributed by atoms with Crippen molar-refractivity contribution in [3.05, 3.63) is 35.4 Å². The first-order valence-corrected chi connectivity index (χ1v) is 12.2. The maximum absolute atomic E-state index is 12.7. The van der Waals surface area contributed by atoms with E-state index in [1.54, 1.807) is 0 Å². The third kappa shape index (κ3) is 4.24. The van der Waals surface area contributed by atoms with Crippen LogP contribution in [-0.2, 0) is 14.9 Å². The molecule has 4 heterocycles. The molecule has 5 fully saturated rings. The summed E-state index contributed by atoms with van der Waals surface area (Å²) >= 11 is 0. The van der Waals surface area contributed by atoms with Crippen molar-refractivity contribution in [3.8, 4) is 0 Å². The Kier molecular flexibility index (Phi) is 7.01. The molecule has 6 rings (SSSR count). The summed E-state index contributed by atoms with van der Waals surface area (Å²) in [6, 6.07) is 9.48. The fourth-order valence-corrected chi connectivity index (χ4v) is 6.38. The van der Waals surface area contributed by atoms with Gasteiger partial charge in [0.15, 0.2) is 0 Å². The van der Waals surface area contributed by atoms with Crippen LogP contribution in [-0.4, -0.2) is 60.6 Å². The maximum Gasteiger partial charge on any atom is 0.318 e. The molecule has 0 radical (unpaired) electrons. The maximum atomic E-state index is 12.7. The molecule has 1 atom stereocenters. The molecule has 32 heavy (non-hydrogen) atoms. The van der Waals surface area contributed by atoms with Crippen LogP contribution in [0.3, 0.4) is 0 Å². The number of halogens is 1. The van der Waals surface area contributed by atoms with Crippen molar-refractivity contribution in [2.75, 3.05) is 32.8 Å². The Hall–Kier alpha value is -1.79. The lowest BCUT2D eigenvalue weighted by Gasteiger charge is -2.49. The molecule has 6 nitrogen and oxygen atoms in total. The van der Waals surface area contributed by atoms with Crippen molar-refractivity contribution >= 4 is 24.4 Å². The van der Waals surface area contributed by atoms with Gasteiger partial charge in [-0.3, -0.25) is 4.79 Å². The number of urea groups is 1. The van der Waals surface area contributed by atoms with E-state index in [4.69, 9.17) is 4.74 Å². The quantitative estimate of drug-likeness (QED) is 0.672. The molecule has 4 aliphatic heterocycles. The zero-order chi connectivity index (χ0) is 21.4. The fourth-order valence-electron chi connectivity index (χ4n) is 6.38. The molecule has 1 aromatic carbocycles. The van der Waals surface area contributed by atoms with Gasteiger partial charge in [0, 0.05) is 12.6 Å². The molecule has 7 heteroatoms. The van der Waals surface area contributed by atoms with Gasteiger partial charge in [-0.15, -0.1) is 12.4 Å². The van der Waals surface area contributed by atoms with Crippen molar-refractivity contribution < 1.29 is 14.3 Å². The zero-order valence-electron chi connectivity index (χ0n) is 19.1. The van der Waals surface area contributed by atoms with E-state index in [1.807, 2.05) is 11.8 Å². The Morgan fingerprint density at radius 3 is 2.28 bits per heavy atom. The molecular weight excluding hydrogens is 426 g/mol. The van der Waals surface area contributed by atoms with E-state index in [1.165, 1.54) is 50.0 Å². The number of hydrogen-bond donors (Lipinski definition) is 1. The van der Waals surface area contributed by atoms with Gasteiger partial charge < -0.3 is 19.9 Å². The van der Waals surface area contributed by atoms with Gasteiger partial charge in [0.2, 0.25) is 0 Å². The topological polar surface area (TPSA) is 61.9 Å². The van der Waals surface area contributed by atoms with Crippen LogP contribution in [0.4, 0.5) is 4.79 Å². The van der Waals surface area contributed by atoms with Crippen LogP contribution >= 0.6 is 12.4 Å².